The van der Waals surface area contributed by atoms with Gasteiger partial charge in [-0.3, -0.25) is 10.2 Å². The molecule has 4 nitrogen and oxygen atoms in total. The summed E-state index contributed by atoms with van der Waals surface area (Å²) < 4.78 is 0. The van der Waals surface area contributed by atoms with Crippen LogP contribution in [0, 0.1) is 5.41 Å². The summed E-state index contributed by atoms with van der Waals surface area (Å²) in [6.07, 6.45) is 0. The van der Waals surface area contributed by atoms with Gasteiger partial charge in [0.25, 0.3) is 0 Å². The van der Waals surface area contributed by atoms with Gasteiger partial charge in [0, 0.05) is 5.69 Å². The van der Waals surface area contributed by atoms with Gasteiger partial charge in [-0.15, -0.1) is 0 Å². The van der Waals surface area contributed by atoms with Crippen LogP contribution in [0.2, 0.25) is 0 Å². The monoisotopic (exact) mass is 251 g/mol. The first-order chi connectivity index (χ1) is 7.99. The van der Waals surface area contributed by atoms with Crippen LogP contribution in [-0.4, -0.2) is 16.8 Å². The summed E-state index contributed by atoms with van der Waals surface area (Å²) in [5, 5.41) is 9.75. The lowest BCUT2D eigenvalue weighted by atomic mass is 10.0. The van der Waals surface area contributed by atoms with Gasteiger partial charge in [0.05, 0.1) is 5.75 Å². The number of rotatable bonds is 4. The maximum atomic E-state index is 11.5. The molecule has 17 heavy (non-hydrogen) atoms. The van der Waals surface area contributed by atoms with Crippen LogP contribution >= 0.6 is 11.8 Å². The van der Waals surface area contributed by atoms with Crippen LogP contribution in [0.4, 0.5) is 5.69 Å². The average Bonchev–Trinajstić information content (AvgIpc) is 2.26. The molecule has 4 N–H and O–H groups in total. The fourth-order valence-corrected chi connectivity index (χ4v) is 1.67. The van der Waals surface area contributed by atoms with E-state index in [2.05, 4.69) is 19.2 Å². The van der Waals surface area contributed by atoms with Crippen molar-refractivity contribution >= 4 is 28.5 Å². The largest absolute Gasteiger partial charge is 0.379 e. The Balaban J connectivity index is 2.59. The van der Waals surface area contributed by atoms with E-state index in [1.54, 1.807) is 0 Å². The Morgan fingerprint density at radius 2 is 2.24 bits per heavy atom. The van der Waals surface area contributed by atoms with E-state index in [0.717, 1.165) is 17.4 Å². The lowest BCUT2D eigenvalue weighted by Gasteiger charge is -2.09. The Morgan fingerprint density at radius 3 is 2.82 bits per heavy atom. The van der Waals surface area contributed by atoms with E-state index in [1.165, 1.54) is 5.56 Å². The molecule has 0 aliphatic heterocycles. The van der Waals surface area contributed by atoms with Gasteiger partial charge >= 0.3 is 0 Å². The third-order valence-corrected chi connectivity index (χ3v) is 2.91. The third kappa shape index (κ3) is 4.91. The number of nitrogens with two attached hydrogens (primary N) is 1. The Bertz CT molecular complexity index is 418. The number of carbonyl (C=O) groups is 1. The molecule has 0 heterocycles. The highest BCUT2D eigenvalue weighted by molar-refractivity contribution is 8.14. The topological polar surface area (TPSA) is 79.0 Å². The first-order valence-electron chi connectivity index (χ1n) is 5.35. The van der Waals surface area contributed by atoms with Gasteiger partial charge in [-0.1, -0.05) is 37.7 Å². The van der Waals surface area contributed by atoms with Crippen molar-refractivity contribution in [3.63, 3.8) is 0 Å². The Kier molecular flexibility index (Phi) is 5.03. The minimum Gasteiger partial charge on any atom is -0.379 e. The van der Waals surface area contributed by atoms with Crippen molar-refractivity contribution < 1.29 is 4.79 Å². The Morgan fingerprint density at radius 1 is 1.53 bits per heavy atom. The highest BCUT2D eigenvalue weighted by Crippen LogP contribution is 2.18. The second-order valence-corrected chi connectivity index (χ2v) is 5.00. The summed E-state index contributed by atoms with van der Waals surface area (Å²) in [5.74, 6) is 0.450. The molecular formula is C12H17N3OS. The number of anilines is 1. The fourth-order valence-electron chi connectivity index (χ4n) is 1.32. The maximum Gasteiger partial charge on any atom is 0.234 e. The Labute approximate surface area is 105 Å². The molecular weight excluding hydrogens is 234 g/mol. The molecule has 0 saturated carbocycles. The first-order valence-corrected chi connectivity index (χ1v) is 6.34. The molecule has 0 atom stereocenters. The van der Waals surface area contributed by atoms with Crippen LogP contribution in [0.5, 0.6) is 0 Å². The van der Waals surface area contributed by atoms with E-state index in [4.69, 9.17) is 11.1 Å². The van der Waals surface area contributed by atoms with E-state index in [1.807, 2.05) is 24.3 Å². The van der Waals surface area contributed by atoms with E-state index in [-0.39, 0.29) is 16.8 Å². The zero-order valence-corrected chi connectivity index (χ0v) is 10.8. The number of amidine groups is 1. The van der Waals surface area contributed by atoms with Gasteiger partial charge < -0.3 is 11.1 Å². The van der Waals surface area contributed by atoms with E-state index in [0.29, 0.717) is 5.92 Å². The number of amides is 1. The van der Waals surface area contributed by atoms with Gasteiger partial charge in [-0.05, 0) is 23.6 Å². The van der Waals surface area contributed by atoms with Crippen LogP contribution < -0.4 is 11.1 Å². The van der Waals surface area contributed by atoms with Crippen molar-refractivity contribution in [1.29, 1.82) is 5.41 Å². The molecule has 0 unspecified atom stereocenters. The standard InChI is InChI=1S/C12H17N3OS/c1-8(2)9-4-3-5-10(6-9)15-11(16)7-17-12(13)14/h3-6,8H,7H2,1-2H3,(H3,13,14)(H,15,16). The summed E-state index contributed by atoms with van der Waals surface area (Å²) in [4.78, 5) is 11.5. The zero-order valence-electron chi connectivity index (χ0n) is 9.99. The predicted molar refractivity (Wildman–Crippen MR) is 73.5 cm³/mol. The summed E-state index contributed by atoms with van der Waals surface area (Å²) in [7, 11) is 0. The molecule has 0 aliphatic carbocycles. The lowest BCUT2D eigenvalue weighted by Crippen LogP contribution is -2.17. The molecule has 1 aromatic rings. The summed E-state index contributed by atoms with van der Waals surface area (Å²) in [6.45, 7) is 4.21. The Hall–Kier alpha value is -1.49. The second-order valence-electron chi connectivity index (χ2n) is 3.98. The lowest BCUT2D eigenvalue weighted by molar-refractivity contribution is -0.113. The van der Waals surface area contributed by atoms with Gasteiger partial charge in [0.15, 0.2) is 5.17 Å². The number of benzene rings is 1. The van der Waals surface area contributed by atoms with Gasteiger partial charge in [-0.25, -0.2) is 0 Å². The molecule has 92 valence electrons. The van der Waals surface area contributed by atoms with Crippen molar-refractivity contribution in [2.45, 2.75) is 19.8 Å². The molecule has 0 spiro atoms. The number of hydrogen-bond donors (Lipinski definition) is 3. The van der Waals surface area contributed by atoms with Crippen molar-refractivity contribution in [3.05, 3.63) is 29.8 Å². The SMILES string of the molecule is CC(C)c1cccc(NC(=O)CSC(=N)N)c1. The quantitative estimate of drug-likeness (QED) is 0.568. The zero-order chi connectivity index (χ0) is 12.8. The van der Waals surface area contributed by atoms with Crippen molar-refractivity contribution in [2.24, 2.45) is 5.73 Å². The highest BCUT2D eigenvalue weighted by Gasteiger charge is 2.05. The van der Waals surface area contributed by atoms with Gasteiger partial charge in [0.2, 0.25) is 5.91 Å². The fraction of sp³-hybridized carbons (Fsp3) is 0.333. The van der Waals surface area contributed by atoms with Crippen molar-refractivity contribution in [1.82, 2.24) is 0 Å². The molecule has 1 rings (SSSR count). The second kappa shape index (κ2) is 6.30. The number of nitrogens with one attached hydrogen (secondary N) is 2. The van der Waals surface area contributed by atoms with E-state index < -0.39 is 0 Å². The van der Waals surface area contributed by atoms with Crippen LogP contribution in [-0.2, 0) is 4.79 Å². The van der Waals surface area contributed by atoms with Crippen LogP contribution in [0.3, 0.4) is 0 Å². The van der Waals surface area contributed by atoms with Crippen molar-refractivity contribution in [3.8, 4) is 0 Å². The summed E-state index contributed by atoms with van der Waals surface area (Å²) in [6, 6.07) is 7.76. The van der Waals surface area contributed by atoms with Crippen LogP contribution in [0.1, 0.15) is 25.3 Å². The van der Waals surface area contributed by atoms with E-state index >= 15 is 0 Å². The van der Waals surface area contributed by atoms with Gasteiger partial charge in [0.1, 0.15) is 0 Å². The number of thioether (sulfide) groups is 1. The molecule has 0 bridgehead atoms. The molecule has 0 radical (unpaired) electrons. The molecule has 0 aromatic heterocycles. The molecule has 5 heteroatoms. The normalized spacial score (nSPS) is 10.3. The summed E-state index contributed by atoms with van der Waals surface area (Å²) in [5.41, 5.74) is 7.13. The molecule has 1 amide bonds. The van der Waals surface area contributed by atoms with E-state index in [9.17, 15) is 4.79 Å². The smallest absolute Gasteiger partial charge is 0.234 e. The third-order valence-electron chi connectivity index (χ3n) is 2.20. The molecule has 0 aliphatic rings. The number of hydrogen-bond acceptors (Lipinski definition) is 3. The van der Waals surface area contributed by atoms with Gasteiger partial charge in [-0.2, -0.15) is 0 Å². The van der Waals surface area contributed by atoms with Crippen LogP contribution in [0.15, 0.2) is 24.3 Å². The number of carbonyl (C=O) groups excluding carboxylic acids is 1. The molecule has 0 fully saturated rings. The van der Waals surface area contributed by atoms with Crippen molar-refractivity contribution in [2.75, 3.05) is 11.1 Å². The first kappa shape index (κ1) is 13.6. The minimum atomic E-state index is -0.147. The maximum absolute atomic E-state index is 11.5. The summed E-state index contributed by atoms with van der Waals surface area (Å²) >= 11 is 1.02. The highest BCUT2D eigenvalue weighted by atomic mass is 32.2. The predicted octanol–water partition coefficient (Wildman–Crippen LogP) is 2.38. The van der Waals surface area contributed by atoms with Crippen LogP contribution in [0.25, 0.3) is 0 Å². The molecule has 0 saturated heterocycles. The minimum absolute atomic E-state index is 0.0453. The average molecular weight is 251 g/mol. The molecule has 1 aromatic carbocycles.